The summed E-state index contributed by atoms with van der Waals surface area (Å²) < 4.78 is 1.22. The van der Waals surface area contributed by atoms with Crippen LogP contribution < -0.4 is 0 Å². The van der Waals surface area contributed by atoms with Crippen LogP contribution in [-0.2, 0) is 6.54 Å². The minimum Gasteiger partial charge on any atom is -0.389 e. The fourth-order valence-corrected chi connectivity index (χ4v) is 5.33. The molecule has 1 unspecified atom stereocenters. The lowest BCUT2D eigenvalue weighted by Gasteiger charge is -2.39. The summed E-state index contributed by atoms with van der Waals surface area (Å²) in [5, 5.41) is 22.3. The second-order valence-electron chi connectivity index (χ2n) is 9.01. The van der Waals surface area contributed by atoms with E-state index in [1.165, 1.54) is 15.0 Å². The molecule has 3 heterocycles. The van der Waals surface area contributed by atoms with Crippen LogP contribution in [0.2, 0.25) is 5.02 Å². The molecule has 172 valence electrons. The monoisotopic (exact) mass is 488 g/mol. The quantitative estimate of drug-likeness (QED) is 0.382. The highest BCUT2D eigenvalue weighted by atomic mass is 35.5. The molecule has 4 nitrogen and oxygen atoms in total. The lowest BCUT2D eigenvalue weighted by Crippen LogP contribution is -2.53. The molecule has 5 rings (SSSR count). The standard InChI is InChI=1S/C28H25ClN2O2S/c1-28(33)12-13-31(18-27(28)32)17-25-15-22-14-19(3-11-26(22)34-25)2-9-24-10-6-21(16-30-24)20-4-7-23(29)8-5-20/h3-8,10-11,14-16,27,32-33H,12-13,17-18H2,1H3/t27-,28?/m1/s1. The van der Waals surface area contributed by atoms with Gasteiger partial charge in [0.05, 0.1) is 11.7 Å². The number of hydrogen-bond donors (Lipinski definition) is 2. The van der Waals surface area contributed by atoms with Crippen molar-refractivity contribution in [2.75, 3.05) is 13.1 Å². The predicted octanol–water partition coefficient (Wildman–Crippen LogP) is 5.33. The highest BCUT2D eigenvalue weighted by Gasteiger charge is 2.36. The minimum atomic E-state index is -0.991. The molecule has 0 bridgehead atoms. The van der Waals surface area contributed by atoms with Crippen LogP contribution >= 0.6 is 22.9 Å². The first-order chi connectivity index (χ1) is 16.4. The van der Waals surface area contributed by atoms with Gasteiger partial charge in [-0.3, -0.25) is 4.90 Å². The molecule has 0 aliphatic carbocycles. The number of thiophene rings is 1. The molecule has 1 saturated heterocycles. The molecule has 0 radical (unpaired) electrons. The lowest BCUT2D eigenvalue weighted by atomic mass is 9.91. The van der Waals surface area contributed by atoms with Gasteiger partial charge in [0.2, 0.25) is 0 Å². The van der Waals surface area contributed by atoms with Crippen molar-refractivity contribution in [1.82, 2.24) is 9.88 Å². The van der Waals surface area contributed by atoms with Gasteiger partial charge in [-0.1, -0.05) is 35.7 Å². The zero-order valence-corrected chi connectivity index (χ0v) is 20.4. The molecule has 2 aromatic heterocycles. The molecule has 0 spiro atoms. The Morgan fingerprint density at radius 3 is 2.62 bits per heavy atom. The van der Waals surface area contributed by atoms with Gasteiger partial charge in [0.15, 0.2) is 0 Å². The highest BCUT2D eigenvalue weighted by molar-refractivity contribution is 7.19. The number of halogens is 1. The number of β-amino-alcohol motifs (C(OH)–C–C–N with tert-alkyl or cyclic N) is 1. The molecular formula is C28H25ClN2O2S. The maximum atomic E-state index is 10.2. The van der Waals surface area contributed by atoms with Crippen LogP contribution in [0.5, 0.6) is 0 Å². The number of hydrogen-bond acceptors (Lipinski definition) is 5. The van der Waals surface area contributed by atoms with Crippen molar-refractivity contribution in [2.24, 2.45) is 0 Å². The maximum absolute atomic E-state index is 10.2. The summed E-state index contributed by atoms with van der Waals surface area (Å²) in [5.74, 6) is 6.39. The van der Waals surface area contributed by atoms with E-state index in [9.17, 15) is 10.2 Å². The number of piperidine rings is 1. The summed E-state index contributed by atoms with van der Waals surface area (Å²) in [7, 11) is 0. The SMILES string of the molecule is CC1(O)CCN(Cc2cc3cc(C#Cc4ccc(-c5ccc(Cl)cc5)cn4)ccc3s2)C[C@H]1O. The lowest BCUT2D eigenvalue weighted by molar-refractivity contribution is -0.108. The number of benzene rings is 2. The fourth-order valence-electron chi connectivity index (χ4n) is 4.12. The zero-order valence-electron chi connectivity index (χ0n) is 18.8. The van der Waals surface area contributed by atoms with Gasteiger partial charge in [0.25, 0.3) is 0 Å². The Kier molecular flexibility index (Phi) is 6.44. The number of fused-ring (bicyclic) bond motifs is 1. The van der Waals surface area contributed by atoms with Crippen LogP contribution in [0.25, 0.3) is 21.2 Å². The largest absolute Gasteiger partial charge is 0.389 e. The van der Waals surface area contributed by atoms with Crippen molar-refractivity contribution in [3.8, 4) is 23.0 Å². The molecule has 2 atom stereocenters. The topological polar surface area (TPSA) is 56.6 Å². The molecule has 2 aromatic carbocycles. The predicted molar refractivity (Wildman–Crippen MR) is 139 cm³/mol. The molecule has 6 heteroatoms. The second-order valence-corrected chi connectivity index (χ2v) is 10.6. The first-order valence-corrected chi connectivity index (χ1v) is 12.4. The van der Waals surface area contributed by atoms with Crippen LogP contribution in [0.4, 0.5) is 0 Å². The van der Waals surface area contributed by atoms with E-state index in [1.807, 2.05) is 48.7 Å². The van der Waals surface area contributed by atoms with E-state index in [4.69, 9.17) is 11.6 Å². The van der Waals surface area contributed by atoms with E-state index in [0.29, 0.717) is 18.0 Å². The van der Waals surface area contributed by atoms with E-state index >= 15 is 0 Å². The van der Waals surface area contributed by atoms with E-state index in [-0.39, 0.29) is 0 Å². The molecule has 0 saturated carbocycles. The van der Waals surface area contributed by atoms with E-state index < -0.39 is 11.7 Å². The van der Waals surface area contributed by atoms with Crippen molar-refractivity contribution in [2.45, 2.75) is 31.6 Å². The average Bonchev–Trinajstić information content (AvgIpc) is 3.23. The summed E-state index contributed by atoms with van der Waals surface area (Å²) in [6.07, 6.45) is 1.69. The number of aromatic nitrogens is 1. The van der Waals surface area contributed by atoms with Crippen LogP contribution in [-0.4, -0.2) is 44.9 Å². The van der Waals surface area contributed by atoms with Gasteiger partial charge in [-0.05, 0) is 72.7 Å². The third-order valence-electron chi connectivity index (χ3n) is 6.31. The number of nitrogens with zero attached hydrogens (tertiary/aromatic N) is 2. The molecule has 2 N–H and O–H groups in total. The van der Waals surface area contributed by atoms with Gasteiger partial charge < -0.3 is 10.2 Å². The molecule has 4 aromatic rings. The maximum Gasteiger partial charge on any atom is 0.113 e. The Bertz CT molecular complexity index is 1370. The number of rotatable bonds is 3. The van der Waals surface area contributed by atoms with Gasteiger partial charge >= 0.3 is 0 Å². The summed E-state index contributed by atoms with van der Waals surface area (Å²) >= 11 is 7.73. The smallest absolute Gasteiger partial charge is 0.113 e. The van der Waals surface area contributed by atoms with Crippen molar-refractivity contribution < 1.29 is 10.2 Å². The van der Waals surface area contributed by atoms with Gasteiger partial charge in [0, 0.05) is 51.6 Å². The van der Waals surface area contributed by atoms with Crippen LogP contribution in [0.1, 0.15) is 29.5 Å². The van der Waals surface area contributed by atoms with Gasteiger partial charge in [-0.15, -0.1) is 11.3 Å². The Labute approximate surface area is 208 Å². The molecule has 1 aliphatic rings. The Hall–Kier alpha value is -2.72. The van der Waals surface area contributed by atoms with E-state index in [1.54, 1.807) is 18.3 Å². The number of aliphatic hydroxyl groups is 2. The minimum absolute atomic E-state index is 0.488. The van der Waals surface area contributed by atoms with Crippen LogP contribution in [0.3, 0.4) is 0 Å². The second kappa shape index (κ2) is 9.50. The van der Waals surface area contributed by atoms with Crippen molar-refractivity contribution in [1.29, 1.82) is 0 Å². The van der Waals surface area contributed by atoms with Crippen molar-refractivity contribution >= 4 is 33.0 Å². The zero-order chi connectivity index (χ0) is 23.7. The van der Waals surface area contributed by atoms with Crippen molar-refractivity contribution in [3.63, 3.8) is 0 Å². The summed E-state index contributed by atoms with van der Waals surface area (Å²) in [6.45, 7) is 3.75. The summed E-state index contributed by atoms with van der Waals surface area (Å²) in [4.78, 5) is 7.94. The molecule has 34 heavy (non-hydrogen) atoms. The third-order valence-corrected chi connectivity index (χ3v) is 7.66. The summed E-state index contributed by atoms with van der Waals surface area (Å²) in [5.41, 5.74) is 2.78. The fraction of sp³-hybridized carbons (Fsp3) is 0.250. The van der Waals surface area contributed by atoms with E-state index in [0.717, 1.165) is 35.5 Å². The molecule has 0 amide bonds. The van der Waals surface area contributed by atoms with E-state index in [2.05, 4.69) is 39.9 Å². The molecule has 1 fully saturated rings. The molecule has 1 aliphatic heterocycles. The Morgan fingerprint density at radius 1 is 1.09 bits per heavy atom. The van der Waals surface area contributed by atoms with Crippen LogP contribution in [0, 0.1) is 11.8 Å². The Balaban J connectivity index is 1.28. The Morgan fingerprint density at radius 2 is 1.88 bits per heavy atom. The number of aliphatic hydroxyl groups excluding tert-OH is 1. The first-order valence-electron chi connectivity index (χ1n) is 11.2. The first kappa shape index (κ1) is 23.0. The third kappa shape index (κ3) is 5.17. The van der Waals surface area contributed by atoms with Gasteiger partial charge in [0.1, 0.15) is 5.69 Å². The number of pyridine rings is 1. The highest BCUT2D eigenvalue weighted by Crippen LogP contribution is 2.29. The summed E-state index contributed by atoms with van der Waals surface area (Å²) in [6, 6.07) is 20.1. The normalized spacial score (nSPS) is 20.8. The number of likely N-dealkylation sites (tertiary alicyclic amines) is 1. The van der Waals surface area contributed by atoms with Crippen molar-refractivity contribution in [3.05, 3.63) is 88.0 Å². The average molecular weight is 489 g/mol. The van der Waals surface area contributed by atoms with Crippen LogP contribution in [0.15, 0.2) is 66.9 Å². The van der Waals surface area contributed by atoms with Gasteiger partial charge in [-0.25, -0.2) is 4.98 Å². The molecular weight excluding hydrogens is 464 g/mol. The van der Waals surface area contributed by atoms with Gasteiger partial charge in [-0.2, -0.15) is 0 Å².